The van der Waals surface area contributed by atoms with Crippen molar-refractivity contribution in [3.63, 3.8) is 0 Å². The molecule has 1 heterocycles. The number of Topliss-reactive ketones (excluding diaryl/α,β-unsaturated/α-hetero) is 1. The lowest BCUT2D eigenvalue weighted by molar-refractivity contribution is -0.276. The van der Waals surface area contributed by atoms with Crippen LogP contribution >= 0.6 is 0 Å². The van der Waals surface area contributed by atoms with Gasteiger partial charge >= 0.3 is 11.9 Å². The minimum atomic E-state index is -2.37. The lowest BCUT2D eigenvalue weighted by atomic mass is 9.90. The first-order chi connectivity index (χ1) is 18.2. The molecular formula is C27H28O11. The van der Waals surface area contributed by atoms with Crippen molar-refractivity contribution in [2.24, 2.45) is 0 Å². The second-order valence-corrected chi connectivity index (χ2v) is 8.87. The number of para-hydroxylation sites is 1. The number of aliphatic hydroxyl groups is 4. The Balaban J connectivity index is 1.52. The summed E-state index contributed by atoms with van der Waals surface area (Å²) in [6.45, 7) is -1.05. The monoisotopic (exact) mass is 528 g/mol. The van der Waals surface area contributed by atoms with Crippen molar-refractivity contribution in [2.45, 2.75) is 55.8 Å². The van der Waals surface area contributed by atoms with Gasteiger partial charge in [0.15, 0.2) is 11.9 Å². The number of ether oxygens (including phenoxy) is 4. The normalized spacial score (nSPS) is 28.9. The SMILES string of the molecule is O=C(O[C@H]1[C@H](Oc2ccccc2COC(=O)[C@]2(O)C=CCCC2=O)O[C@H](CO)[C@@H](O)[C@@H]1O)c1ccccc1. The van der Waals surface area contributed by atoms with Gasteiger partial charge < -0.3 is 39.4 Å². The molecule has 4 rings (SSSR count). The van der Waals surface area contributed by atoms with Gasteiger partial charge in [0.2, 0.25) is 11.9 Å². The number of esters is 2. The second-order valence-electron chi connectivity index (χ2n) is 8.87. The first kappa shape index (κ1) is 27.4. The maximum atomic E-state index is 12.7. The fraction of sp³-hybridized carbons (Fsp3) is 0.370. The van der Waals surface area contributed by atoms with Crippen molar-refractivity contribution in [3.8, 4) is 5.75 Å². The first-order valence-electron chi connectivity index (χ1n) is 12.0. The number of benzene rings is 2. The summed E-state index contributed by atoms with van der Waals surface area (Å²) >= 11 is 0. The average Bonchev–Trinajstić information content (AvgIpc) is 2.93. The van der Waals surface area contributed by atoms with E-state index in [9.17, 15) is 34.8 Å². The van der Waals surface area contributed by atoms with Gasteiger partial charge in [-0.3, -0.25) is 4.79 Å². The number of carbonyl (C=O) groups excluding carboxylic acids is 3. The molecular weight excluding hydrogens is 500 g/mol. The van der Waals surface area contributed by atoms with Crippen LogP contribution in [0.3, 0.4) is 0 Å². The third kappa shape index (κ3) is 5.77. The van der Waals surface area contributed by atoms with E-state index in [4.69, 9.17) is 18.9 Å². The quantitative estimate of drug-likeness (QED) is 0.213. The summed E-state index contributed by atoms with van der Waals surface area (Å²) in [6, 6.07) is 14.2. The van der Waals surface area contributed by atoms with Crippen LogP contribution in [0.25, 0.3) is 0 Å². The van der Waals surface area contributed by atoms with Gasteiger partial charge in [-0.05, 0) is 30.7 Å². The van der Waals surface area contributed by atoms with Gasteiger partial charge in [-0.25, -0.2) is 9.59 Å². The number of rotatable bonds is 8. The van der Waals surface area contributed by atoms with Crippen LogP contribution in [0.1, 0.15) is 28.8 Å². The zero-order valence-electron chi connectivity index (χ0n) is 20.2. The fourth-order valence-electron chi connectivity index (χ4n) is 4.09. The topological polar surface area (TPSA) is 169 Å². The second kappa shape index (κ2) is 11.8. The zero-order valence-corrected chi connectivity index (χ0v) is 20.2. The number of allylic oxidation sites excluding steroid dienone is 1. The molecule has 0 unspecified atom stereocenters. The van der Waals surface area contributed by atoms with E-state index in [1.165, 1.54) is 24.3 Å². The van der Waals surface area contributed by atoms with E-state index >= 15 is 0 Å². The van der Waals surface area contributed by atoms with Crippen LogP contribution in [0.15, 0.2) is 66.7 Å². The van der Waals surface area contributed by atoms with Gasteiger partial charge in [0, 0.05) is 12.0 Å². The molecule has 2 aliphatic rings. The Bertz CT molecular complexity index is 1180. The Hall–Kier alpha value is -3.61. The summed E-state index contributed by atoms with van der Waals surface area (Å²) in [7, 11) is 0. The number of ketones is 1. The minimum Gasteiger partial charge on any atom is -0.460 e. The van der Waals surface area contributed by atoms with Gasteiger partial charge in [-0.15, -0.1) is 0 Å². The zero-order chi connectivity index (χ0) is 27.3. The molecule has 0 bridgehead atoms. The van der Waals surface area contributed by atoms with Crippen LogP contribution < -0.4 is 4.74 Å². The molecule has 0 amide bonds. The molecule has 1 aliphatic heterocycles. The molecule has 11 nitrogen and oxygen atoms in total. The summed E-state index contributed by atoms with van der Waals surface area (Å²) in [6.07, 6.45) is -4.41. The van der Waals surface area contributed by atoms with Crippen molar-refractivity contribution in [1.82, 2.24) is 0 Å². The number of hydrogen-bond acceptors (Lipinski definition) is 11. The van der Waals surface area contributed by atoms with Crippen LogP contribution in [-0.4, -0.2) is 81.1 Å². The number of carbonyl (C=O) groups is 3. The maximum absolute atomic E-state index is 12.7. The summed E-state index contributed by atoms with van der Waals surface area (Å²) in [4.78, 5) is 37.3. The van der Waals surface area contributed by atoms with Gasteiger partial charge in [0.1, 0.15) is 30.7 Å². The third-order valence-electron chi connectivity index (χ3n) is 6.29. The van der Waals surface area contributed by atoms with Crippen LogP contribution in [0.4, 0.5) is 0 Å². The smallest absolute Gasteiger partial charge is 0.350 e. The van der Waals surface area contributed by atoms with E-state index < -0.39 is 67.2 Å². The molecule has 11 heteroatoms. The molecule has 4 N–H and O–H groups in total. The highest BCUT2D eigenvalue weighted by Crippen LogP contribution is 2.30. The van der Waals surface area contributed by atoms with E-state index in [1.807, 2.05) is 0 Å². The lowest BCUT2D eigenvalue weighted by Crippen LogP contribution is -2.61. The van der Waals surface area contributed by atoms with Crippen LogP contribution in [-0.2, 0) is 30.4 Å². The van der Waals surface area contributed by atoms with Crippen LogP contribution in [0.2, 0.25) is 0 Å². The first-order valence-corrected chi connectivity index (χ1v) is 12.0. The predicted molar refractivity (Wildman–Crippen MR) is 129 cm³/mol. The molecule has 2 aromatic carbocycles. The highest BCUT2D eigenvalue weighted by molar-refractivity contribution is 6.09. The molecule has 1 aliphatic carbocycles. The summed E-state index contributed by atoms with van der Waals surface area (Å²) in [5.41, 5.74) is -1.88. The summed E-state index contributed by atoms with van der Waals surface area (Å²) < 4.78 is 22.2. The Morgan fingerprint density at radius 2 is 1.74 bits per heavy atom. The van der Waals surface area contributed by atoms with E-state index in [0.29, 0.717) is 12.0 Å². The average molecular weight is 529 g/mol. The number of aliphatic hydroxyl groups excluding tert-OH is 3. The van der Waals surface area contributed by atoms with E-state index in [2.05, 4.69) is 0 Å². The Kier molecular flexibility index (Phi) is 8.55. The van der Waals surface area contributed by atoms with E-state index in [1.54, 1.807) is 36.4 Å². The Labute approximate surface area is 217 Å². The molecule has 1 fully saturated rings. The van der Waals surface area contributed by atoms with Gasteiger partial charge in [0.05, 0.1) is 12.2 Å². The van der Waals surface area contributed by atoms with Crippen molar-refractivity contribution in [3.05, 3.63) is 77.9 Å². The third-order valence-corrected chi connectivity index (χ3v) is 6.29. The predicted octanol–water partition coefficient (Wildman–Crippen LogP) is 0.423. The molecule has 0 spiro atoms. The summed E-state index contributed by atoms with van der Waals surface area (Å²) in [5, 5.41) is 41.1. The molecule has 0 radical (unpaired) electrons. The molecule has 0 aromatic heterocycles. The molecule has 2 aromatic rings. The van der Waals surface area contributed by atoms with E-state index in [0.717, 1.165) is 6.08 Å². The van der Waals surface area contributed by atoms with E-state index in [-0.39, 0.29) is 17.7 Å². The highest BCUT2D eigenvalue weighted by Gasteiger charge is 2.48. The molecule has 6 atom stereocenters. The van der Waals surface area contributed by atoms with Crippen molar-refractivity contribution in [1.29, 1.82) is 0 Å². The summed E-state index contributed by atoms with van der Waals surface area (Å²) in [5.74, 6) is -2.52. The van der Waals surface area contributed by atoms with Crippen molar-refractivity contribution in [2.75, 3.05) is 6.61 Å². The number of hydrogen-bond donors (Lipinski definition) is 4. The van der Waals surface area contributed by atoms with Crippen molar-refractivity contribution >= 4 is 17.7 Å². The molecule has 202 valence electrons. The lowest BCUT2D eigenvalue weighted by Gasteiger charge is -2.41. The molecule has 1 saturated heterocycles. The Morgan fingerprint density at radius 3 is 2.45 bits per heavy atom. The van der Waals surface area contributed by atoms with Gasteiger partial charge in [-0.2, -0.15) is 0 Å². The van der Waals surface area contributed by atoms with Crippen molar-refractivity contribution < 1.29 is 53.8 Å². The standard InChI is InChI=1S/C27H28O11/c28-14-19-21(30)22(31)23(38-24(32)16-8-2-1-3-9-16)25(37-19)36-18-11-5-4-10-17(18)15-35-26(33)27(34)13-7-6-12-20(27)29/h1-5,7-11,13,19,21-23,25,28,30-31,34H,6,12,14-15H2/t19-,21-,22+,23-,25-,27+/m1/s1. The molecule has 38 heavy (non-hydrogen) atoms. The van der Waals surface area contributed by atoms with Crippen LogP contribution in [0.5, 0.6) is 5.75 Å². The van der Waals surface area contributed by atoms with Gasteiger partial charge in [-0.1, -0.05) is 42.5 Å². The van der Waals surface area contributed by atoms with Gasteiger partial charge in [0.25, 0.3) is 0 Å². The highest BCUT2D eigenvalue weighted by atomic mass is 16.7. The fourth-order valence-corrected chi connectivity index (χ4v) is 4.09. The Morgan fingerprint density at radius 1 is 1.03 bits per heavy atom. The largest absolute Gasteiger partial charge is 0.460 e. The van der Waals surface area contributed by atoms with Crippen LogP contribution in [0, 0.1) is 0 Å². The molecule has 0 saturated carbocycles. The minimum absolute atomic E-state index is 0.00408. The maximum Gasteiger partial charge on any atom is 0.350 e.